The van der Waals surface area contributed by atoms with Crippen LogP contribution in [0.3, 0.4) is 0 Å². The Bertz CT molecular complexity index is 1980. The molecule has 0 spiro atoms. The molecule has 0 saturated carbocycles. The molecule has 0 aromatic carbocycles. The number of halogens is 1. The molecule has 93 heavy (non-hydrogen) atoms. The van der Waals surface area contributed by atoms with Gasteiger partial charge in [0.15, 0.2) is 18.9 Å². The van der Waals surface area contributed by atoms with Crippen molar-refractivity contribution in [1.82, 2.24) is 31.9 Å². The van der Waals surface area contributed by atoms with Crippen LogP contribution >= 0.6 is 23.0 Å². The topological polar surface area (TPSA) is 484 Å². The average molecular weight is 1470 g/mol. The molecule has 15 atom stereocenters. The van der Waals surface area contributed by atoms with Crippen molar-refractivity contribution in [3.63, 3.8) is 0 Å². The summed E-state index contributed by atoms with van der Waals surface area (Å²) in [4.78, 5) is 72.9. The van der Waals surface area contributed by atoms with Gasteiger partial charge in [-0.1, -0.05) is 6.92 Å². The Morgan fingerprint density at radius 1 is 0.387 bits per heavy atom. The van der Waals surface area contributed by atoms with E-state index in [9.17, 15) is 69.6 Å². The van der Waals surface area contributed by atoms with Crippen molar-refractivity contribution in [1.29, 1.82) is 0 Å². The zero-order chi connectivity index (χ0) is 68.4. The lowest BCUT2D eigenvalue weighted by molar-refractivity contribution is -0.272. The van der Waals surface area contributed by atoms with Crippen molar-refractivity contribution >= 4 is 58.4 Å². The summed E-state index contributed by atoms with van der Waals surface area (Å²) < 4.78 is 89.8. The predicted octanol–water partition coefficient (Wildman–Crippen LogP) is -7.08. The minimum atomic E-state index is -1.44. The number of ether oxygens (including phenoxy) is 15. The van der Waals surface area contributed by atoms with E-state index < -0.39 is 135 Å². The molecule has 3 aliphatic rings. The molecule has 3 rings (SSSR count). The molecular weight excluding hydrogens is 1360 g/mol. The number of rotatable bonds is 52. The Hall–Kier alpha value is -3.41. The molecule has 36 nitrogen and oxygen atoms in total. The van der Waals surface area contributed by atoms with Crippen LogP contribution in [0, 0.1) is 5.41 Å². The van der Waals surface area contributed by atoms with Gasteiger partial charge in [-0.25, -0.2) is 0 Å². The van der Waals surface area contributed by atoms with Crippen molar-refractivity contribution in [2.24, 2.45) is 5.41 Å². The average Bonchev–Trinajstić information content (AvgIpc) is 0.842. The van der Waals surface area contributed by atoms with Gasteiger partial charge in [-0.2, -0.15) is 0 Å². The van der Waals surface area contributed by atoms with E-state index in [0.717, 1.165) is 0 Å². The second kappa shape index (κ2) is 49.2. The van der Waals surface area contributed by atoms with Gasteiger partial charge in [0.05, 0.1) is 159 Å². The van der Waals surface area contributed by atoms with E-state index in [-0.39, 0.29) is 195 Å². The fraction of sp³-hybridized carbons (Fsp3) is 0.893. The largest absolute Gasteiger partial charge is 0.394 e. The van der Waals surface area contributed by atoms with E-state index in [1.54, 1.807) is 23.0 Å². The minimum Gasteiger partial charge on any atom is -0.394 e. The maximum absolute atomic E-state index is 12.6. The van der Waals surface area contributed by atoms with E-state index in [2.05, 4.69) is 31.9 Å². The lowest BCUT2D eigenvalue weighted by Crippen LogP contribution is -2.64. The monoisotopic (exact) mass is 1460 g/mol. The van der Waals surface area contributed by atoms with Crippen molar-refractivity contribution in [2.75, 3.05) is 178 Å². The van der Waals surface area contributed by atoms with Crippen LogP contribution in [-0.4, -0.2) is 346 Å². The first kappa shape index (κ1) is 83.8. The molecule has 14 N–H and O–H groups in total. The van der Waals surface area contributed by atoms with Crippen LogP contribution in [0.2, 0.25) is 0 Å². The molecule has 3 heterocycles. The van der Waals surface area contributed by atoms with Gasteiger partial charge in [-0.3, -0.25) is 28.8 Å². The summed E-state index contributed by atoms with van der Waals surface area (Å²) >= 11 is 1.60. The number of nitrogens with one attached hydrogen (secondary N) is 6. The smallest absolute Gasteiger partial charge is 0.222 e. The second-order valence-corrected chi connectivity index (χ2v) is 22.4. The summed E-state index contributed by atoms with van der Waals surface area (Å²) in [6.45, 7) is 7.24. The highest BCUT2D eigenvalue weighted by Gasteiger charge is 2.48. The molecule has 3 fully saturated rings. The number of carbonyl (C=O) groups excluding carboxylic acids is 6. The van der Waals surface area contributed by atoms with Crippen LogP contribution in [0.4, 0.5) is 0 Å². The number of aliphatic hydroxyl groups is 8. The summed E-state index contributed by atoms with van der Waals surface area (Å²) in [5.41, 5.74) is -0.769. The second-order valence-electron chi connectivity index (χ2n) is 21.9. The molecule has 0 aliphatic carbocycles. The molecule has 0 radical (unpaired) electrons. The Morgan fingerprint density at radius 2 is 0.667 bits per heavy atom. The maximum Gasteiger partial charge on any atom is 0.222 e. The van der Waals surface area contributed by atoms with Gasteiger partial charge in [-0.15, -0.1) is 0 Å². The zero-order valence-corrected chi connectivity index (χ0v) is 55.5. The molecular formula is C56H101IN6O30. The highest BCUT2D eigenvalue weighted by atomic mass is 127. The number of hydrogen-bond donors (Lipinski definition) is 14. The molecule has 0 aromatic heterocycles. The lowest BCUT2D eigenvalue weighted by atomic mass is 9.94. The van der Waals surface area contributed by atoms with Crippen molar-refractivity contribution in [3.8, 4) is 0 Å². The molecule has 0 bridgehead atoms. The molecule has 37 heteroatoms. The zero-order valence-electron chi connectivity index (χ0n) is 53.3. The first-order valence-electron chi connectivity index (χ1n) is 30.8. The normalized spacial score (nSPS) is 27.0. The highest BCUT2D eigenvalue weighted by molar-refractivity contribution is 14.1. The number of carbonyl (C=O) groups is 6. The molecule has 0 aromatic rings. The molecule has 542 valence electrons. The molecule has 15 unspecified atom stereocenters. The summed E-state index contributed by atoms with van der Waals surface area (Å²) in [5.74, 6) is -2.20. The quantitative estimate of drug-likeness (QED) is 0.0199. The van der Waals surface area contributed by atoms with Crippen LogP contribution in [0.15, 0.2) is 0 Å². The summed E-state index contributed by atoms with van der Waals surface area (Å²) in [6.07, 6.45) is -14.3. The fourth-order valence-corrected chi connectivity index (χ4v) is 9.81. The maximum atomic E-state index is 12.6. The standard InChI is InChI=1S/C56H101IN6O30/c1-35(67)61-44-50(76)47(73)38(29-64)90-53(44)87-26-23-81-20-17-78-14-8-58-41(70)5-11-84-32-56(4,33-85-12-6-42(71)59-9-15-79-18-21-82-24-27-88-54-45(62-36(2)68)51(77)48(74)39(30-65)91-54)34-86-13-7-43(72)60-10-16-80-19-22-83-25-28-89-55-46(63-37(3)69)52(93-57)49(75)40(31-66)92-55/h38-40,44-55,64-66,73-77H,5-34H2,1-4H3,(H,58,70)(H,59,71)(H,60,72)(H,61,67)(H,62,68)(H,63,69). The summed E-state index contributed by atoms with van der Waals surface area (Å²) in [6, 6.07) is -2.99. The van der Waals surface area contributed by atoms with E-state index >= 15 is 0 Å². The fourth-order valence-electron chi connectivity index (χ4n) is 9.19. The van der Waals surface area contributed by atoms with Crippen LogP contribution in [0.5, 0.6) is 0 Å². The Balaban J connectivity index is 1.32. The third-order valence-corrected chi connectivity index (χ3v) is 14.5. The van der Waals surface area contributed by atoms with E-state index in [0.29, 0.717) is 0 Å². The number of amides is 6. The Labute approximate surface area is 554 Å². The van der Waals surface area contributed by atoms with Crippen molar-refractivity contribution in [2.45, 2.75) is 139 Å². The van der Waals surface area contributed by atoms with Crippen LogP contribution < -0.4 is 31.9 Å². The number of aliphatic hydroxyl groups excluding tert-OH is 8. The van der Waals surface area contributed by atoms with E-state index in [4.69, 9.17) is 74.1 Å². The molecule has 6 amide bonds. The first-order chi connectivity index (χ1) is 44.7. The van der Waals surface area contributed by atoms with Gasteiger partial charge in [0.1, 0.15) is 96.1 Å². The van der Waals surface area contributed by atoms with Gasteiger partial charge >= 0.3 is 0 Å². The van der Waals surface area contributed by atoms with E-state index in [1.165, 1.54) is 20.8 Å². The van der Waals surface area contributed by atoms with Gasteiger partial charge in [0, 0.05) is 65.1 Å². The van der Waals surface area contributed by atoms with E-state index in [1.807, 2.05) is 6.92 Å². The Morgan fingerprint density at radius 3 is 0.968 bits per heavy atom. The third kappa shape index (κ3) is 34.1. The van der Waals surface area contributed by atoms with Crippen molar-refractivity contribution < 1.29 is 144 Å². The van der Waals surface area contributed by atoms with Crippen molar-refractivity contribution in [3.05, 3.63) is 0 Å². The van der Waals surface area contributed by atoms with Gasteiger partial charge in [0.25, 0.3) is 0 Å². The van der Waals surface area contributed by atoms with Gasteiger partial charge in [-0.05, 0) is 0 Å². The van der Waals surface area contributed by atoms with Crippen LogP contribution in [0.1, 0.15) is 47.0 Å². The molecule has 3 aliphatic heterocycles. The predicted molar refractivity (Wildman–Crippen MR) is 325 cm³/mol. The highest BCUT2D eigenvalue weighted by Crippen LogP contribution is 2.27. The lowest BCUT2D eigenvalue weighted by Gasteiger charge is -2.43. The summed E-state index contributed by atoms with van der Waals surface area (Å²) in [5, 5.41) is 96.0. The first-order valence-corrected chi connectivity index (χ1v) is 31.7. The SMILES string of the molecule is CC(=O)NC1C(OCCOCCOCCNC(=O)CCOCC(C)(COCCC(=O)NCCOCCOCCOC2OC(CO)C(O)C(O)C2NC(C)=O)COCCC(=O)NCCOCCOCCOC2OC(CO)C(O)C(OI)C2NC(C)=O)OC(CO)C(O)C1O. The van der Waals surface area contributed by atoms with Gasteiger partial charge < -0.3 is 147 Å². The third-order valence-electron chi connectivity index (χ3n) is 14.0. The van der Waals surface area contributed by atoms with Gasteiger partial charge in [0.2, 0.25) is 35.4 Å². The summed E-state index contributed by atoms with van der Waals surface area (Å²) in [7, 11) is 0. The Kier molecular flexibility index (Phi) is 44.3. The van der Waals surface area contributed by atoms with Crippen LogP contribution in [-0.2, 0) is 103 Å². The number of hydrogen-bond acceptors (Lipinski definition) is 30. The van der Waals surface area contributed by atoms with Crippen LogP contribution in [0.25, 0.3) is 0 Å². The minimum absolute atomic E-state index is 0.000120. The molecule has 3 saturated heterocycles.